The maximum absolute atomic E-state index is 5.98. The normalized spacial score (nSPS) is 23.8. The molecule has 1 aromatic rings. The Bertz CT molecular complexity index is 363. The average Bonchev–Trinajstić information content (AvgIpc) is 2.42. The Balaban J connectivity index is 1.86. The number of hydrogen-bond donors (Lipinski definition) is 1. The zero-order valence-corrected chi connectivity index (χ0v) is 12.4. The van der Waals surface area contributed by atoms with E-state index < -0.39 is 0 Å². The summed E-state index contributed by atoms with van der Waals surface area (Å²) in [5.74, 6) is 0. The SMILES string of the molecule is CCCc1ccc(CN(C)C2CCC(N)CC2)cc1. The Morgan fingerprint density at radius 3 is 2.21 bits per heavy atom. The lowest BCUT2D eigenvalue weighted by Crippen LogP contribution is -2.38. The fourth-order valence-electron chi connectivity index (χ4n) is 3.06. The highest BCUT2D eigenvalue weighted by Crippen LogP contribution is 2.22. The fourth-order valence-corrected chi connectivity index (χ4v) is 3.06. The van der Waals surface area contributed by atoms with Gasteiger partial charge in [-0.05, 0) is 50.3 Å². The lowest BCUT2D eigenvalue weighted by Gasteiger charge is -2.33. The van der Waals surface area contributed by atoms with E-state index in [2.05, 4.69) is 43.1 Å². The first-order chi connectivity index (χ1) is 9.19. The molecule has 0 aromatic heterocycles. The van der Waals surface area contributed by atoms with Crippen molar-refractivity contribution in [3.63, 3.8) is 0 Å². The quantitative estimate of drug-likeness (QED) is 0.880. The molecule has 1 aromatic carbocycles. The van der Waals surface area contributed by atoms with E-state index in [9.17, 15) is 0 Å². The summed E-state index contributed by atoms with van der Waals surface area (Å²) in [5, 5.41) is 0. The van der Waals surface area contributed by atoms with Gasteiger partial charge < -0.3 is 5.73 Å². The van der Waals surface area contributed by atoms with Crippen LogP contribution >= 0.6 is 0 Å². The van der Waals surface area contributed by atoms with E-state index in [0.717, 1.165) is 12.6 Å². The molecule has 1 saturated carbocycles. The van der Waals surface area contributed by atoms with Crippen LogP contribution in [0.5, 0.6) is 0 Å². The molecule has 0 bridgehead atoms. The third-order valence-corrected chi connectivity index (χ3v) is 4.36. The van der Waals surface area contributed by atoms with Crippen molar-refractivity contribution >= 4 is 0 Å². The van der Waals surface area contributed by atoms with E-state index in [1.807, 2.05) is 0 Å². The van der Waals surface area contributed by atoms with Crippen molar-refractivity contribution in [3.8, 4) is 0 Å². The van der Waals surface area contributed by atoms with Crippen LogP contribution in [0.1, 0.15) is 50.2 Å². The number of hydrogen-bond acceptors (Lipinski definition) is 2. The number of nitrogens with two attached hydrogens (primary N) is 1. The van der Waals surface area contributed by atoms with E-state index in [-0.39, 0.29) is 0 Å². The molecule has 1 fully saturated rings. The summed E-state index contributed by atoms with van der Waals surface area (Å²) in [6.45, 7) is 3.29. The van der Waals surface area contributed by atoms with Crippen molar-refractivity contribution in [3.05, 3.63) is 35.4 Å². The van der Waals surface area contributed by atoms with Gasteiger partial charge in [-0.25, -0.2) is 0 Å². The van der Waals surface area contributed by atoms with Crippen LogP contribution in [0.25, 0.3) is 0 Å². The van der Waals surface area contributed by atoms with Gasteiger partial charge in [0.1, 0.15) is 0 Å². The van der Waals surface area contributed by atoms with Crippen molar-refractivity contribution in [2.24, 2.45) is 5.73 Å². The Hall–Kier alpha value is -0.860. The van der Waals surface area contributed by atoms with Gasteiger partial charge in [0.05, 0.1) is 0 Å². The Morgan fingerprint density at radius 1 is 1.05 bits per heavy atom. The van der Waals surface area contributed by atoms with Crippen LogP contribution in [-0.4, -0.2) is 24.0 Å². The van der Waals surface area contributed by atoms with Gasteiger partial charge in [0.25, 0.3) is 0 Å². The van der Waals surface area contributed by atoms with E-state index in [4.69, 9.17) is 5.73 Å². The van der Waals surface area contributed by atoms with Crippen molar-refractivity contribution in [2.75, 3.05) is 7.05 Å². The molecule has 0 saturated heterocycles. The Labute approximate surface area is 118 Å². The molecule has 2 N–H and O–H groups in total. The van der Waals surface area contributed by atoms with E-state index in [1.54, 1.807) is 0 Å². The molecule has 0 aliphatic heterocycles. The molecule has 1 aliphatic carbocycles. The minimum Gasteiger partial charge on any atom is -0.328 e. The minimum absolute atomic E-state index is 0.443. The van der Waals surface area contributed by atoms with Gasteiger partial charge in [0.15, 0.2) is 0 Å². The summed E-state index contributed by atoms with van der Waals surface area (Å²) in [6.07, 6.45) is 7.30. The number of nitrogens with zero attached hydrogens (tertiary/aromatic N) is 1. The molecule has 106 valence electrons. The van der Waals surface area contributed by atoms with Crippen LogP contribution < -0.4 is 5.73 Å². The van der Waals surface area contributed by atoms with E-state index in [1.165, 1.54) is 49.7 Å². The minimum atomic E-state index is 0.443. The summed E-state index contributed by atoms with van der Waals surface area (Å²) < 4.78 is 0. The van der Waals surface area contributed by atoms with Gasteiger partial charge in [-0.1, -0.05) is 37.6 Å². The molecule has 2 heteroatoms. The summed E-state index contributed by atoms with van der Waals surface area (Å²) in [7, 11) is 2.25. The maximum Gasteiger partial charge on any atom is 0.0233 e. The van der Waals surface area contributed by atoms with Gasteiger partial charge >= 0.3 is 0 Å². The third-order valence-electron chi connectivity index (χ3n) is 4.36. The standard InChI is InChI=1S/C17H28N2/c1-3-4-14-5-7-15(8-6-14)13-19(2)17-11-9-16(18)10-12-17/h5-8,16-17H,3-4,9-13,18H2,1-2H3. The van der Waals surface area contributed by atoms with E-state index in [0.29, 0.717) is 6.04 Å². The summed E-state index contributed by atoms with van der Waals surface area (Å²) in [4.78, 5) is 2.50. The van der Waals surface area contributed by atoms with Crippen LogP contribution in [0, 0.1) is 0 Å². The summed E-state index contributed by atoms with van der Waals surface area (Å²) >= 11 is 0. The van der Waals surface area contributed by atoms with Crippen LogP contribution in [0.3, 0.4) is 0 Å². The predicted molar refractivity (Wildman–Crippen MR) is 82.1 cm³/mol. The monoisotopic (exact) mass is 260 g/mol. The molecule has 2 nitrogen and oxygen atoms in total. The average molecular weight is 260 g/mol. The van der Waals surface area contributed by atoms with Gasteiger partial charge in [0.2, 0.25) is 0 Å². The third kappa shape index (κ3) is 4.32. The topological polar surface area (TPSA) is 29.3 Å². The van der Waals surface area contributed by atoms with Crippen LogP contribution in [0.4, 0.5) is 0 Å². The Morgan fingerprint density at radius 2 is 1.63 bits per heavy atom. The molecular formula is C17H28N2. The zero-order chi connectivity index (χ0) is 13.7. The highest BCUT2D eigenvalue weighted by molar-refractivity contribution is 5.22. The first-order valence-corrected chi connectivity index (χ1v) is 7.72. The largest absolute Gasteiger partial charge is 0.328 e. The Kier molecular flexibility index (Phi) is 5.41. The smallest absolute Gasteiger partial charge is 0.0233 e. The van der Waals surface area contributed by atoms with E-state index >= 15 is 0 Å². The van der Waals surface area contributed by atoms with Crippen molar-refractivity contribution < 1.29 is 0 Å². The lowest BCUT2D eigenvalue weighted by molar-refractivity contribution is 0.176. The van der Waals surface area contributed by atoms with Crippen LogP contribution in [0.15, 0.2) is 24.3 Å². The number of rotatable bonds is 5. The number of aryl methyl sites for hydroxylation is 1. The van der Waals surface area contributed by atoms with Gasteiger partial charge in [-0.2, -0.15) is 0 Å². The molecule has 0 atom stereocenters. The van der Waals surface area contributed by atoms with Crippen LogP contribution in [-0.2, 0) is 13.0 Å². The van der Waals surface area contributed by atoms with Crippen LogP contribution in [0.2, 0.25) is 0 Å². The fraction of sp³-hybridized carbons (Fsp3) is 0.647. The van der Waals surface area contributed by atoms with Gasteiger partial charge in [-0.3, -0.25) is 4.90 Å². The van der Waals surface area contributed by atoms with Crippen molar-refractivity contribution in [1.29, 1.82) is 0 Å². The van der Waals surface area contributed by atoms with Crippen molar-refractivity contribution in [2.45, 2.75) is 64.1 Å². The molecular weight excluding hydrogens is 232 g/mol. The summed E-state index contributed by atoms with van der Waals surface area (Å²) in [5.41, 5.74) is 8.86. The second-order valence-electron chi connectivity index (χ2n) is 6.05. The van der Waals surface area contributed by atoms with Gasteiger partial charge in [-0.15, -0.1) is 0 Å². The molecule has 0 radical (unpaired) electrons. The molecule has 2 rings (SSSR count). The molecule has 19 heavy (non-hydrogen) atoms. The second-order valence-corrected chi connectivity index (χ2v) is 6.05. The highest BCUT2D eigenvalue weighted by Gasteiger charge is 2.21. The molecule has 0 spiro atoms. The zero-order valence-electron chi connectivity index (χ0n) is 12.4. The molecule has 0 unspecified atom stereocenters. The summed E-state index contributed by atoms with van der Waals surface area (Å²) in [6, 6.07) is 10.3. The molecule has 0 amide bonds. The lowest BCUT2D eigenvalue weighted by atomic mass is 9.91. The first kappa shape index (κ1) is 14.5. The van der Waals surface area contributed by atoms with Gasteiger partial charge in [0, 0.05) is 18.6 Å². The second kappa shape index (κ2) is 7.06. The molecule has 0 heterocycles. The highest BCUT2D eigenvalue weighted by atomic mass is 15.1. The van der Waals surface area contributed by atoms with Crippen molar-refractivity contribution in [1.82, 2.24) is 4.90 Å². The maximum atomic E-state index is 5.98. The first-order valence-electron chi connectivity index (χ1n) is 7.72. The number of benzene rings is 1. The molecule has 1 aliphatic rings. The predicted octanol–water partition coefficient (Wildman–Crippen LogP) is 3.34.